The lowest BCUT2D eigenvalue weighted by atomic mass is 9.74. The van der Waals surface area contributed by atoms with Crippen LogP contribution in [-0.2, 0) is 4.79 Å². The van der Waals surface area contributed by atoms with Gasteiger partial charge in [-0.3, -0.25) is 4.79 Å². The maximum absolute atomic E-state index is 12.1. The lowest BCUT2D eigenvalue weighted by Crippen LogP contribution is -2.28. The first-order valence-corrected chi connectivity index (χ1v) is 7.26. The molecule has 1 rings (SSSR count). The minimum absolute atomic E-state index is 0.361. The number of carbonyl (C=O) groups excluding carboxylic acids is 1. The monoisotopic (exact) mass is 239 g/mol. The Labute approximate surface area is 107 Å². The first kappa shape index (κ1) is 14.7. The van der Waals surface area contributed by atoms with Gasteiger partial charge >= 0.3 is 0 Å². The van der Waals surface area contributed by atoms with Crippen LogP contribution in [0.15, 0.2) is 0 Å². The van der Waals surface area contributed by atoms with Crippen molar-refractivity contribution in [3.05, 3.63) is 0 Å². The molecule has 3 atom stereocenters. The van der Waals surface area contributed by atoms with Crippen LogP contribution in [0.3, 0.4) is 0 Å². The first-order valence-electron chi connectivity index (χ1n) is 7.26. The van der Waals surface area contributed by atoms with Crippen LogP contribution >= 0.6 is 0 Å². The van der Waals surface area contributed by atoms with E-state index in [4.69, 9.17) is 0 Å². The molecule has 0 radical (unpaired) electrons. The normalized spacial score (nSPS) is 29.6. The molecular formula is C15H29NO. The third-order valence-electron chi connectivity index (χ3n) is 4.21. The molecule has 3 unspecified atom stereocenters. The number of ketones is 1. The molecule has 0 spiro atoms. The third-order valence-corrected chi connectivity index (χ3v) is 4.21. The molecule has 2 heteroatoms. The molecule has 17 heavy (non-hydrogen) atoms. The van der Waals surface area contributed by atoms with Gasteiger partial charge in [-0.05, 0) is 44.1 Å². The Morgan fingerprint density at radius 3 is 2.53 bits per heavy atom. The number of Topliss-reactive ketones (excluding diaryl/α,β-unsaturated/α-hetero) is 1. The van der Waals surface area contributed by atoms with Crippen LogP contribution in [0.1, 0.15) is 59.8 Å². The molecule has 0 aromatic carbocycles. The van der Waals surface area contributed by atoms with E-state index in [-0.39, 0.29) is 0 Å². The fourth-order valence-corrected chi connectivity index (χ4v) is 2.70. The molecule has 1 N–H and O–H groups in total. The van der Waals surface area contributed by atoms with E-state index in [2.05, 4.69) is 33.0 Å². The molecule has 0 bridgehead atoms. The van der Waals surface area contributed by atoms with E-state index < -0.39 is 0 Å². The molecule has 1 aliphatic carbocycles. The average Bonchev–Trinajstić information content (AvgIpc) is 2.27. The summed E-state index contributed by atoms with van der Waals surface area (Å²) in [6.07, 6.45) is 5.25. The van der Waals surface area contributed by atoms with Crippen LogP contribution in [0.4, 0.5) is 0 Å². The lowest BCUT2D eigenvalue weighted by molar-refractivity contribution is -0.124. The Bertz CT molecular complexity index is 237. The van der Waals surface area contributed by atoms with E-state index in [1.54, 1.807) is 0 Å². The summed E-state index contributed by atoms with van der Waals surface area (Å²) < 4.78 is 0. The number of hydrogen-bond donors (Lipinski definition) is 1. The van der Waals surface area contributed by atoms with Gasteiger partial charge in [-0.15, -0.1) is 0 Å². The Morgan fingerprint density at radius 2 is 1.94 bits per heavy atom. The van der Waals surface area contributed by atoms with Crippen molar-refractivity contribution < 1.29 is 4.79 Å². The number of hydrogen-bond acceptors (Lipinski definition) is 2. The second-order valence-corrected chi connectivity index (χ2v) is 6.14. The van der Waals surface area contributed by atoms with Crippen LogP contribution in [0.25, 0.3) is 0 Å². The maximum atomic E-state index is 12.1. The molecule has 2 nitrogen and oxygen atoms in total. The van der Waals surface area contributed by atoms with Gasteiger partial charge in [0.2, 0.25) is 0 Å². The Morgan fingerprint density at radius 1 is 1.24 bits per heavy atom. The Hall–Kier alpha value is -0.370. The van der Waals surface area contributed by atoms with Crippen LogP contribution in [0, 0.1) is 17.8 Å². The summed E-state index contributed by atoms with van der Waals surface area (Å²) in [5.41, 5.74) is 0. The van der Waals surface area contributed by atoms with Gasteiger partial charge in [0.1, 0.15) is 5.78 Å². The van der Waals surface area contributed by atoms with Crippen molar-refractivity contribution in [2.75, 3.05) is 6.54 Å². The highest BCUT2D eigenvalue weighted by Gasteiger charge is 2.28. The van der Waals surface area contributed by atoms with Gasteiger partial charge in [-0.2, -0.15) is 0 Å². The molecule has 0 aromatic heterocycles. The summed E-state index contributed by atoms with van der Waals surface area (Å²) in [7, 11) is 0. The standard InChI is InChI=1S/C15H29NO/c1-11(2)16-9-5-6-15(17)14-8-7-12(3)13(4)10-14/h11-14,16H,5-10H2,1-4H3. The minimum Gasteiger partial charge on any atom is -0.315 e. The van der Waals surface area contributed by atoms with Crippen molar-refractivity contribution in [2.24, 2.45) is 17.8 Å². The summed E-state index contributed by atoms with van der Waals surface area (Å²) >= 11 is 0. The molecule has 100 valence electrons. The van der Waals surface area contributed by atoms with Crippen molar-refractivity contribution in [1.29, 1.82) is 0 Å². The SMILES string of the molecule is CC(C)NCCCC(=O)C1CCC(C)C(C)C1. The first-order chi connectivity index (χ1) is 8.00. The van der Waals surface area contributed by atoms with Crippen molar-refractivity contribution in [3.63, 3.8) is 0 Å². The quantitative estimate of drug-likeness (QED) is 0.720. The minimum atomic E-state index is 0.361. The highest BCUT2D eigenvalue weighted by atomic mass is 16.1. The van der Waals surface area contributed by atoms with Crippen LogP contribution in [-0.4, -0.2) is 18.4 Å². The molecule has 0 heterocycles. The molecule has 1 aliphatic rings. The van der Waals surface area contributed by atoms with Crippen LogP contribution in [0.5, 0.6) is 0 Å². The van der Waals surface area contributed by atoms with Crippen molar-refractivity contribution in [3.8, 4) is 0 Å². The van der Waals surface area contributed by atoms with Crippen LogP contribution < -0.4 is 5.32 Å². The summed E-state index contributed by atoms with van der Waals surface area (Å²) in [4.78, 5) is 12.1. The van der Waals surface area contributed by atoms with Gasteiger partial charge in [0.15, 0.2) is 0 Å². The summed E-state index contributed by atoms with van der Waals surface area (Å²) in [6.45, 7) is 9.88. The zero-order valence-corrected chi connectivity index (χ0v) is 12.0. The molecule has 1 saturated carbocycles. The molecular weight excluding hydrogens is 210 g/mol. The predicted octanol–water partition coefficient (Wildman–Crippen LogP) is 3.41. The van der Waals surface area contributed by atoms with E-state index in [9.17, 15) is 4.79 Å². The Balaban J connectivity index is 2.19. The van der Waals surface area contributed by atoms with E-state index in [1.807, 2.05) is 0 Å². The van der Waals surface area contributed by atoms with Gasteiger partial charge in [-0.25, -0.2) is 0 Å². The second kappa shape index (κ2) is 7.15. The van der Waals surface area contributed by atoms with Gasteiger partial charge in [0.25, 0.3) is 0 Å². The van der Waals surface area contributed by atoms with Gasteiger partial charge < -0.3 is 5.32 Å². The van der Waals surface area contributed by atoms with Gasteiger partial charge in [-0.1, -0.05) is 27.7 Å². The topological polar surface area (TPSA) is 29.1 Å². The highest BCUT2D eigenvalue weighted by molar-refractivity contribution is 5.81. The van der Waals surface area contributed by atoms with Crippen molar-refractivity contribution in [2.45, 2.75) is 65.8 Å². The second-order valence-electron chi connectivity index (χ2n) is 6.14. The van der Waals surface area contributed by atoms with Gasteiger partial charge in [0, 0.05) is 18.4 Å². The van der Waals surface area contributed by atoms with E-state index in [1.165, 1.54) is 6.42 Å². The third kappa shape index (κ3) is 5.20. The van der Waals surface area contributed by atoms with Crippen molar-refractivity contribution in [1.82, 2.24) is 5.32 Å². The summed E-state index contributed by atoms with van der Waals surface area (Å²) in [6, 6.07) is 0.528. The molecule has 0 aromatic rings. The lowest BCUT2D eigenvalue weighted by Gasteiger charge is -2.31. The summed E-state index contributed by atoms with van der Waals surface area (Å²) in [5, 5.41) is 3.37. The number of rotatable bonds is 6. The molecule has 0 aliphatic heterocycles. The van der Waals surface area contributed by atoms with Crippen molar-refractivity contribution >= 4 is 5.78 Å². The fraction of sp³-hybridized carbons (Fsp3) is 0.933. The van der Waals surface area contributed by atoms with E-state index in [0.29, 0.717) is 17.7 Å². The molecule has 0 amide bonds. The van der Waals surface area contributed by atoms with Crippen LogP contribution in [0.2, 0.25) is 0 Å². The maximum Gasteiger partial charge on any atom is 0.136 e. The predicted molar refractivity (Wildman–Crippen MR) is 73.0 cm³/mol. The Kier molecular flexibility index (Phi) is 6.18. The van der Waals surface area contributed by atoms with Gasteiger partial charge in [0.05, 0.1) is 0 Å². The fourth-order valence-electron chi connectivity index (χ4n) is 2.70. The zero-order chi connectivity index (χ0) is 12.8. The average molecular weight is 239 g/mol. The highest BCUT2D eigenvalue weighted by Crippen LogP contribution is 2.34. The summed E-state index contributed by atoms with van der Waals surface area (Å²) in [5.74, 6) is 2.41. The van der Waals surface area contributed by atoms with E-state index in [0.717, 1.165) is 44.1 Å². The van der Waals surface area contributed by atoms with E-state index >= 15 is 0 Å². The zero-order valence-electron chi connectivity index (χ0n) is 12.0. The number of nitrogens with one attached hydrogen (secondary N) is 1. The largest absolute Gasteiger partial charge is 0.315 e. The molecule has 0 saturated heterocycles. The molecule has 1 fully saturated rings. The smallest absolute Gasteiger partial charge is 0.136 e. The number of carbonyl (C=O) groups is 1.